The largest absolute Gasteiger partial charge is 0.446 e. The van der Waals surface area contributed by atoms with Crippen LogP contribution in [0.15, 0.2) is 30.4 Å². The molecule has 6 rings (SSSR count). The molecular formula is C36H49FN6O9S. The topological polar surface area (TPSA) is 193 Å². The van der Waals surface area contributed by atoms with Crippen molar-refractivity contribution < 1.29 is 46.3 Å². The van der Waals surface area contributed by atoms with Gasteiger partial charge in [0.1, 0.15) is 35.6 Å². The van der Waals surface area contributed by atoms with E-state index in [1.807, 2.05) is 10.8 Å². The quantitative estimate of drug-likeness (QED) is 0.303. The molecule has 15 nitrogen and oxygen atoms in total. The van der Waals surface area contributed by atoms with Gasteiger partial charge in [0, 0.05) is 30.5 Å². The number of fused-ring (bicyclic) bond motifs is 3. The molecule has 0 aromatic heterocycles. The van der Waals surface area contributed by atoms with Gasteiger partial charge in [-0.2, -0.15) is 13.1 Å². The second-order valence-electron chi connectivity index (χ2n) is 15.0. The van der Waals surface area contributed by atoms with E-state index in [2.05, 4.69) is 15.4 Å². The highest BCUT2D eigenvalue weighted by Crippen LogP contribution is 2.45. The second kappa shape index (κ2) is 16.0. The van der Waals surface area contributed by atoms with Crippen LogP contribution in [-0.2, 0) is 47.2 Å². The third-order valence-corrected chi connectivity index (χ3v) is 11.8. The Balaban J connectivity index is 1.24. The maximum atomic E-state index is 14.4. The van der Waals surface area contributed by atoms with E-state index in [9.17, 15) is 36.8 Å². The van der Waals surface area contributed by atoms with Gasteiger partial charge < -0.3 is 25.0 Å². The van der Waals surface area contributed by atoms with E-state index in [0.29, 0.717) is 24.0 Å². The van der Waals surface area contributed by atoms with Gasteiger partial charge in [0.05, 0.1) is 13.1 Å². The minimum Gasteiger partial charge on any atom is -0.446 e. The zero-order valence-corrected chi connectivity index (χ0v) is 30.9. The van der Waals surface area contributed by atoms with Crippen molar-refractivity contribution >= 4 is 40.1 Å². The lowest BCUT2D eigenvalue weighted by atomic mass is 10.0. The Bertz CT molecular complexity index is 1730. The number of alkyl carbamates (subject to hydrolysis) is 1. The number of allylic oxidation sites excluding steroid dienone is 1. The summed E-state index contributed by atoms with van der Waals surface area (Å²) in [6.45, 7) is 3.13. The number of nitrogens with one attached hydrogen (secondary N) is 4. The van der Waals surface area contributed by atoms with Crippen LogP contribution in [0.3, 0.4) is 0 Å². The molecule has 17 heteroatoms. The molecule has 1 aromatic carbocycles. The van der Waals surface area contributed by atoms with Crippen molar-refractivity contribution in [1.82, 2.24) is 29.9 Å². The summed E-state index contributed by atoms with van der Waals surface area (Å²) in [5.41, 5.74) is -0.577. The highest BCUT2D eigenvalue weighted by atomic mass is 32.2. The Morgan fingerprint density at radius 1 is 1.00 bits per heavy atom. The molecule has 5 amide bonds. The van der Waals surface area contributed by atoms with E-state index >= 15 is 0 Å². The molecule has 5 atom stereocenters. The average Bonchev–Trinajstić information content (AvgIpc) is 3.51. The zero-order chi connectivity index (χ0) is 37.9. The van der Waals surface area contributed by atoms with Crippen molar-refractivity contribution in [2.45, 2.75) is 133 Å². The van der Waals surface area contributed by atoms with Gasteiger partial charge in [-0.1, -0.05) is 37.1 Å². The van der Waals surface area contributed by atoms with E-state index in [1.54, 1.807) is 32.1 Å². The van der Waals surface area contributed by atoms with E-state index < -0.39 is 81.6 Å². The first kappa shape index (κ1) is 38.5. The van der Waals surface area contributed by atoms with E-state index in [-0.39, 0.29) is 45.0 Å². The van der Waals surface area contributed by atoms with Gasteiger partial charge in [-0.25, -0.2) is 18.7 Å². The predicted molar refractivity (Wildman–Crippen MR) is 188 cm³/mol. The molecule has 3 aliphatic heterocycles. The van der Waals surface area contributed by atoms with E-state index in [1.165, 1.54) is 15.9 Å². The zero-order valence-electron chi connectivity index (χ0n) is 30.1. The molecule has 2 saturated carbocycles. The molecule has 0 bridgehead atoms. The molecule has 0 unspecified atom stereocenters. The standard InChI is InChI=1S/C36H49FN6O9S/c1-22(2)40-53(49,50)41-33(46)36-18-24(36)12-6-4-3-5-7-16-29(38-34(47)51-25-13-8-9-14-25)32(45)43-20-26(17-30(43)31(44)39-36)52-35(48)42-19-23-11-10-15-28(37)27(23)21-42/h6,10-12,15,22,24-26,29-30,40H,3-5,7-9,13-14,16-21H2,1-2H3,(H,38,47)(H,39,44)(H,41,46)/b12-6-/t24-,26+,29-,30-,36+/m0/s1. The molecule has 53 heavy (non-hydrogen) atoms. The Hall–Kier alpha value is -4.25. The molecule has 4 N–H and O–H groups in total. The first-order chi connectivity index (χ1) is 25.2. The number of halogens is 1. The number of rotatable bonds is 7. The molecule has 3 fully saturated rings. The van der Waals surface area contributed by atoms with E-state index in [0.717, 1.165) is 38.5 Å². The normalized spacial score (nSPS) is 28.5. The van der Waals surface area contributed by atoms with Crippen LogP contribution in [0.5, 0.6) is 0 Å². The molecular weight excluding hydrogens is 711 g/mol. The highest BCUT2D eigenvalue weighted by Gasteiger charge is 2.61. The summed E-state index contributed by atoms with van der Waals surface area (Å²) in [4.78, 5) is 71.2. The predicted octanol–water partition coefficient (Wildman–Crippen LogP) is 3.04. The second-order valence-corrected chi connectivity index (χ2v) is 16.5. The first-order valence-electron chi connectivity index (χ1n) is 18.6. The van der Waals surface area contributed by atoms with Crippen molar-refractivity contribution in [3.05, 3.63) is 47.3 Å². The fourth-order valence-corrected chi connectivity index (χ4v) is 8.88. The number of nitrogens with zero attached hydrogens (tertiary/aromatic N) is 2. The molecule has 1 saturated heterocycles. The Morgan fingerprint density at radius 3 is 2.49 bits per heavy atom. The van der Waals surface area contributed by atoms with Crippen LogP contribution < -0.4 is 20.1 Å². The van der Waals surface area contributed by atoms with Gasteiger partial charge in [0.15, 0.2) is 0 Å². The molecule has 0 spiro atoms. The molecule has 3 heterocycles. The van der Waals surface area contributed by atoms with Gasteiger partial charge >= 0.3 is 22.4 Å². The molecule has 1 aromatic rings. The Morgan fingerprint density at radius 2 is 1.75 bits per heavy atom. The maximum Gasteiger partial charge on any atom is 0.410 e. The van der Waals surface area contributed by atoms with Gasteiger partial charge in [0.2, 0.25) is 11.8 Å². The number of carbonyl (C=O) groups is 5. The van der Waals surface area contributed by atoms with Gasteiger partial charge in [-0.3, -0.25) is 19.3 Å². The molecule has 2 aliphatic carbocycles. The summed E-state index contributed by atoms with van der Waals surface area (Å²) < 4.78 is 55.6. The lowest BCUT2D eigenvalue weighted by Gasteiger charge is -2.30. The van der Waals surface area contributed by atoms with Crippen LogP contribution in [0.1, 0.15) is 95.6 Å². The fourth-order valence-electron chi connectivity index (χ4n) is 7.78. The smallest absolute Gasteiger partial charge is 0.410 e. The lowest BCUT2D eigenvalue weighted by molar-refractivity contribution is -0.141. The summed E-state index contributed by atoms with van der Waals surface area (Å²) in [6.07, 6.45) is 7.34. The van der Waals surface area contributed by atoms with Crippen LogP contribution in [0.2, 0.25) is 0 Å². The van der Waals surface area contributed by atoms with Crippen LogP contribution in [0.4, 0.5) is 14.0 Å². The molecule has 0 radical (unpaired) electrons. The molecule has 290 valence electrons. The SMILES string of the molecule is CC(C)NS(=O)(=O)NC(=O)[C@@]12C[C@@H]1/C=C\CCCCC[C@H](NC(=O)OC1CCCC1)C(=O)N1C[C@H](OC(=O)N3Cc4cccc(F)c4C3)C[C@H]1C(=O)N2. The van der Waals surface area contributed by atoms with Gasteiger partial charge in [-0.05, 0) is 76.8 Å². The van der Waals surface area contributed by atoms with Crippen molar-refractivity contribution in [3.63, 3.8) is 0 Å². The minimum absolute atomic E-state index is 0.00364. The molecule has 5 aliphatic rings. The Labute approximate surface area is 308 Å². The third-order valence-electron chi connectivity index (χ3n) is 10.6. The number of ether oxygens (including phenoxy) is 2. The highest BCUT2D eigenvalue weighted by molar-refractivity contribution is 7.88. The number of hydrogen-bond acceptors (Lipinski definition) is 9. The van der Waals surface area contributed by atoms with Crippen LogP contribution in [0, 0.1) is 11.7 Å². The summed E-state index contributed by atoms with van der Waals surface area (Å²) in [6, 6.07) is 1.81. The van der Waals surface area contributed by atoms with Crippen molar-refractivity contribution in [3.8, 4) is 0 Å². The van der Waals surface area contributed by atoms with Crippen molar-refractivity contribution in [1.29, 1.82) is 0 Å². The summed E-state index contributed by atoms with van der Waals surface area (Å²) >= 11 is 0. The summed E-state index contributed by atoms with van der Waals surface area (Å²) in [5.74, 6) is -3.19. The number of amides is 5. The number of hydrogen-bond donors (Lipinski definition) is 4. The van der Waals surface area contributed by atoms with E-state index in [4.69, 9.17) is 9.47 Å². The minimum atomic E-state index is -4.26. The van der Waals surface area contributed by atoms with Crippen molar-refractivity contribution in [2.75, 3.05) is 6.54 Å². The number of benzene rings is 1. The van der Waals surface area contributed by atoms with Crippen LogP contribution in [-0.4, -0.2) is 90.5 Å². The van der Waals surface area contributed by atoms with Crippen LogP contribution in [0.25, 0.3) is 0 Å². The van der Waals surface area contributed by atoms with Gasteiger partial charge in [0.25, 0.3) is 5.91 Å². The fraction of sp³-hybridized carbons (Fsp3) is 0.639. The van der Waals surface area contributed by atoms with Crippen LogP contribution >= 0.6 is 0 Å². The lowest BCUT2D eigenvalue weighted by Crippen LogP contribution is -2.59. The maximum absolute atomic E-state index is 14.4. The monoisotopic (exact) mass is 760 g/mol. The average molecular weight is 761 g/mol. The first-order valence-corrected chi connectivity index (χ1v) is 20.1. The summed E-state index contributed by atoms with van der Waals surface area (Å²) in [5, 5.41) is 5.49. The van der Waals surface area contributed by atoms with Gasteiger partial charge in [-0.15, -0.1) is 0 Å². The number of carbonyl (C=O) groups excluding carboxylic acids is 5. The van der Waals surface area contributed by atoms with Crippen molar-refractivity contribution in [2.24, 2.45) is 5.92 Å². The third kappa shape index (κ3) is 9.11. The summed E-state index contributed by atoms with van der Waals surface area (Å²) in [7, 11) is -4.26. The Kier molecular flexibility index (Phi) is 11.6.